The smallest absolute Gasteiger partial charge is 0.199 e. The molecule has 0 atom stereocenters. The molecule has 2 aromatic heterocycles. The van der Waals surface area contributed by atoms with E-state index in [1.54, 1.807) is 30.9 Å². The summed E-state index contributed by atoms with van der Waals surface area (Å²) in [6.07, 6.45) is 3.04. The number of carbonyl (C=O) groups is 2. The second-order valence-corrected chi connectivity index (χ2v) is 4.13. The maximum atomic E-state index is 11.6. The van der Waals surface area contributed by atoms with Crippen molar-refractivity contribution in [1.82, 2.24) is 14.8 Å². The highest BCUT2D eigenvalue weighted by Crippen LogP contribution is 2.09. The third-order valence-electron chi connectivity index (χ3n) is 1.99. The Bertz CT molecular complexity index is 516. The molecule has 0 aromatic carbocycles. The van der Waals surface area contributed by atoms with E-state index in [4.69, 9.17) is 0 Å². The second kappa shape index (κ2) is 4.36. The molecule has 0 N–H and O–H groups in total. The summed E-state index contributed by atoms with van der Waals surface area (Å²) < 4.78 is 1.53. The summed E-state index contributed by atoms with van der Waals surface area (Å²) in [6.45, 7) is 0. The van der Waals surface area contributed by atoms with Gasteiger partial charge < -0.3 is 0 Å². The topological polar surface area (TPSA) is 64.8 Å². The van der Waals surface area contributed by atoms with E-state index >= 15 is 0 Å². The zero-order valence-electron chi connectivity index (χ0n) is 8.58. The molecule has 0 unspecified atom stereocenters. The number of rotatable bonds is 4. The van der Waals surface area contributed by atoms with Crippen LogP contribution < -0.4 is 0 Å². The monoisotopic (exact) mass is 235 g/mol. The van der Waals surface area contributed by atoms with E-state index in [2.05, 4.69) is 10.1 Å². The van der Waals surface area contributed by atoms with Crippen molar-refractivity contribution in [3.63, 3.8) is 0 Å². The standard InChI is InChI=1S/C10H9N3O2S/c1-13-4-2-7(12-13)8(14)6-9(15)10-11-3-5-16-10/h2-5H,6H2,1H3. The van der Waals surface area contributed by atoms with Crippen LogP contribution >= 0.6 is 11.3 Å². The third-order valence-corrected chi connectivity index (χ3v) is 2.81. The first kappa shape index (κ1) is 10.7. The Morgan fingerprint density at radius 2 is 2.25 bits per heavy atom. The Balaban J connectivity index is 2.06. The van der Waals surface area contributed by atoms with E-state index in [0.29, 0.717) is 10.7 Å². The summed E-state index contributed by atoms with van der Waals surface area (Å²) in [5, 5.41) is 6.01. The van der Waals surface area contributed by atoms with Crippen molar-refractivity contribution >= 4 is 22.9 Å². The average Bonchev–Trinajstić information content (AvgIpc) is 2.87. The molecule has 0 spiro atoms. The van der Waals surface area contributed by atoms with E-state index in [1.165, 1.54) is 16.0 Å². The normalized spacial score (nSPS) is 10.3. The fourth-order valence-electron chi connectivity index (χ4n) is 1.24. The lowest BCUT2D eigenvalue weighted by molar-refractivity contribution is 0.0891. The SMILES string of the molecule is Cn1ccc(C(=O)CC(=O)c2nccs2)n1. The van der Waals surface area contributed by atoms with Crippen LogP contribution in [-0.4, -0.2) is 26.3 Å². The van der Waals surface area contributed by atoms with Gasteiger partial charge in [-0.05, 0) is 6.07 Å². The zero-order chi connectivity index (χ0) is 11.5. The summed E-state index contributed by atoms with van der Waals surface area (Å²) in [5.41, 5.74) is 0.312. The van der Waals surface area contributed by atoms with Crippen molar-refractivity contribution in [1.29, 1.82) is 0 Å². The molecule has 0 fully saturated rings. The third kappa shape index (κ3) is 2.22. The van der Waals surface area contributed by atoms with Crippen LogP contribution in [0.1, 0.15) is 26.7 Å². The Morgan fingerprint density at radius 3 is 2.81 bits per heavy atom. The second-order valence-electron chi connectivity index (χ2n) is 3.24. The van der Waals surface area contributed by atoms with Crippen molar-refractivity contribution in [3.8, 4) is 0 Å². The lowest BCUT2D eigenvalue weighted by Crippen LogP contribution is -2.09. The van der Waals surface area contributed by atoms with E-state index in [1.807, 2.05) is 0 Å². The van der Waals surface area contributed by atoms with Crippen molar-refractivity contribution in [2.45, 2.75) is 6.42 Å². The first-order valence-electron chi connectivity index (χ1n) is 4.62. The van der Waals surface area contributed by atoms with Gasteiger partial charge in [-0.15, -0.1) is 11.3 Å². The first-order chi connectivity index (χ1) is 7.66. The molecule has 0 amide bonds. The van der Waals surface area contributed by atoms with Gasteiger partial charge in [-0.1, -0.05) is 0 Å². The van der Waals surface area contributed by atoms with E-state index in [0.717, 1.165) is 0 Å². The summed E-state index contributed by atoms with van der Waals surface area (Å²) in [5.74, 6) is -0.536. The molecular weight excluding hydrogens is 226 g/mol. The van der Waals surface area contributed by atoms with Gasteiger partial charge in [0.25, 0.3) is 0 Å². The maximum Gasteiger partial charge on any atom is 0.199 e. The van der Waals surface area contributed by atoms with Crippen LogP contribution in [0.5, 0.6) is 0 Å². The quantitative estimate of drug-likeness (QED) is 0.592. The summed E-state index contributed by atoms with van der Waals surface area (Å²) in [4.78, 5) is 27.1. The minimum Gasteiger partial charge on any atom is -0.292 e. The highest BCUT2D eigenvalue weighted by Gasteiger charge is 2.17. The van der Waals surface area contributed by atoms with Gasteiger partial charge in [0, 0.05) is 24.8 Å². The van der Waals surface area contributed by atoms with E-state index < -0.39 is 0 Å². The van der Waals surface area contributed by atoms with E-state index in [-0.39, 0.29) is 18.0 Å². The number of aromatic nitrogens is 3. The van der Waals surface area contributed by atoms with Crippen molar-refractivity contribution in [3.05, 3.63) is 34.5 Å². The van der Waals surface area contributed by atoms with Gasteiger partial charge in [0.05, 0.1) is 6.42 Å². The van der Waals surface area contributed by atoms with Crippen LogP contribution in [0.3, 0.4) is 0 Å². The number of carbonyl (C=O) groups excluding carboxylic acids is 2. The number of nitrogens with zero attached hydrogens (tertiary/aromatic N) is 3. The number of Topliss-reactive ketones (excluding diaryl/α,β-unsaturated/α-hetero) is 2. The lowest BCUT2D eigenvalue weighted by atomic mass is 10.1. The van der Waals surface area contributed by atoms with Crippen molar-refractivity contribution < 1.29 is 9.59 Å². The number of hydrogen-bond acceptors (Lipinski definition) is 5. The van der Waals surface area contributed by atoms with Crippen LogP contribution in [0.2, 0.25) is 0 Å². The number of hydrogen-bond donors (Lipinski definition) is 0. The van der Waals surface area contributed by atoms with Gasteiger partial charge in [0.1, 0.15) is 5.69 Å². The molecule has 0 saturated heterocycles. The predicted molar refractivity (Wildman–Crippen MR) is 58.6 cm³/mol. The highest BCUT2D eigenvalue weighted by molar-refractivity contribution is 7.11. The summed E-state index contributed by atoms with van der Waals surface area (Å²) in [7, 11) is 1.72. The molecule has 2 rings (SSSR count). The highest BCUT2D eigenvalue weighted by atomic mass is 32.1. The molecule has 2 aromatic rings. The fraction of sp³-hybridized carbons (Fsp3) is 0.200. The van der Waals surface area contributed by atoms with Crippen LogP contribution in [0, 0.1) is 0 Å². The van der Waals surface area contributed by atoms with Gasteiger partial charge in [-0.25, -0.2) is 4.98 Å². The molecule has 5 nitrogen and oxygen atoms in total. The molecular formula is C10H9N3O2S. The predicted octanol–water partition coefficient (Wildman–Crippen LogP) is 1.33. The molecule has 82 valence electrons. The van der Waals surface area contributed by atoms with Gasteiger partial charge in [-0.2, -0.15) is 5.10 Å². The molecule has 0 bridgehead atoms. The Morgan fingerprint density at radius 1 is 1.44 bits per heavy atom. The zero-order valence-corrected chi connectivity index (χ0v) is 9.40. The molecule has 0 saturated carbocycles. The Labute approximate surface area is 95.7 Å². The van der Waals surface area contributed by atoms with Gasteiger partial charge >= 0.3 is 0 Å². The van der Waals surface area contributed by atoms with Crippen LogP contribution in [0.15, 0.2) is 23.8 Å². The number of ketones is 2. The maximum absolute atomic E-state index is 11.6. The van der Waals surface area contributed by atoms with Gasteiger partial charge in [0.15, 0.2) is 16.6 Å². The first-order valence-corrected chi connectivity index (χ1v) is 5.50. The minimum absolute atomic E-state index is 0.176. The minimum atomic E-state index is -0.277. The van der Waals surface area contributed by atoms with Gasteiger partial charge in [0.2, 0.25) is 0 Å². The molecule has 16 heavy (non-hydrogen) atoms. The Hall–Kier alpha value is -1.82. The average molecular weight is 235 g/mol. The molecule has 2 heterocycles. The van der Waals surface area contributed by atoms with Crippen LogP contribution in [0.25, 0.3) is 0 Å². The van der Waals surface area contributed by atoms with Crippen LogP contribution in [0.4, 0.5) is 0 Å². The molecule has 0 aliphatic heterocycles. The largest absolute Gasteiger partial charge is 0.292 e. The molecule has 0 radical (unpaired) electrons. The van der Waals surface area contributed by atoms with E-state index in [9.17, 15) is 9.59 Å². The lowest BCUT2D eigenvalue weighted by Gasteiger charge is -1.94. The summed E-state index contributed by atoms with van der Waals surface area (Å²) >= 11 is 1.23. The fourth-order valence-corrected chi connectivity index (χ4v) is 1.81. The number of thiazole rings is 1. The van der Waals surface area contributed by atoms with Gasteiger partial charge in [-0.3, -0.25) is 14.3 Å². The molecule has 0 aliphatic carbocycles. The molecule has 0 aliphatic rings. The van der Waals surface area contributed by atoms with Crippen molar-refractivity contribution in [2.24, 2.45) is 7.05 Å². The number of aryl methyl sites for hydroxylation is 1. The van der Waals surface area contributed by atoms with Crippen LogP contribution in [-0.2, 0) is 7.05 Å². The van der Waals surface area contributed by atoms with Crippen molar-refractivity contribution in [2.75, 3.05) is 0 Å². The Kier molecular flexibility index (Phi) is 2.91. The molecule has 6 heteroatoms. The summed E-state index contributed by atoms with van der Waals surface area (Å²) in [6, 6.07) is 1.59.